The first-order chi connectivity index (χ1) is 7.75. The number of aryl methyl sites for hydroxylation is 1. The van der Waals surface area contributed by atoms with E-state index in [-0.39, 0.29) is 6.04 Å². The van der Waals surface area contributed by atoms with Gasteiger partial charge < -0.3 is 5.73 Å². The van der Waals surface area contributed by atoms with Gasteiger partial charge in [0.25, 0.3) is 0 Å². The van der Waals surface area contributed by atoms with E-state index >= 15 is 0 Å². The minimum Gasteiger partial charge on any atom is -0.323 e. The smallest absolute Gasteiger partial charge is 0.0360 e. The molecular formula is C14H18N2. The standard InChI is InChI=1S/C14H18N2/c1-16-9-11(15)8-13-12-5-3-2-4-10(12)6-7-14(13)16/h2-5,8,11,14H,6-7,9,15H2,1H3. The highest BCUT2D eigenvalue weighted by molar-refractivity contribution is 5.75. The molecular weight excluding hydrogens is 196 g/mol. The van der Waals surface area contributed by atoms with Gasteiger partial charge in [-0.25, -0.2) is 0 Å². The summed E-state index contributed by atoms with van der Waals surface area (Å²) in [5, 5.41) is 0. The first-order valence-electron chi connectivity index (χ1n) is 6.01. The van der Waals surface area contributed by atoms with Crippen LogP contribution in [-0.4, -0.2) is 30.6 Å². The number of hydrogen-bond acceptors (Lipinski definition) is 2. The minimum atomic E-state index is 0.183. The molecule has 1 heterocycles. The van der Waals surface area contributed by atoms with E-state index in [9.17, 15) is 0 Å². The molecule has 2 heteroatoms. The highest BCUT2D eigenvalue weighted by Gasteiger charge is 2.30. The largest absolute Gasteiger partial charge is 0.323 e. The molecule has 0 spiro atoms. The second kappa shape index (κ2) is 3.72. The first-order valence-corrected chi connectivity index (χ1v) is 6.01. The Bertz CT molecular complexity index is 436. The normalized spacial score (nSPS) is 29.2. The van der Waals surface area contributed by atoms with Crippen molar-refractivity contribution in [3.05, 3.63) is 41.5 Å². The topological polar surface area (TPSA) is 29.3 Å². The Kier molecular flexibility index (Phi) is 2.34. The van der Waals surface area contributed by atoms with Crippen LogP contribution in [0.2, 0.25) is 0 Å². The molecule has 1 aliphatic carbocycles. The van der Waals surface area contributed by atoms with Crippen molar-refractivity contribution in [3.8, 4) is 0 Å². The molecule has 0 radical (unpaired) electrons. The van der Waals surface area contributed by atoms with Crippen molar-refractivity contribution in [1.82, 2.24) is 4.90 Å². The van der Waals surface area contributed by atoms with Crippen LogP contribution in [0.3, 0.4) is 0 Å². The Morgan fingerprint density at radius 3 is 3.00 bits per heavy atom. The van der Waals surface area contributed by atoms with Crippen LogP contribution in [0.25, 0.3) is 5.57 Å². The Morgan fingerprint density at radius 1 is 1.31 bits per heavy atom. The number of nitrogens with zero attached hydrogens (tertiary/aromatic N) is 1. The first kappa shape index (κ1) is 10.1. The SMILES string of the molecule is CN1CC(N)C=C2c3ccccc3CCC21. The van der Waals surface area contributed by atoms with Crippen LogP contribution in [0.4, 0.5) is 0 Å². The lowest BCUT2D eigenvalue weighted by molar-refractivity contribution is 0.257. The Morgan fingerprint density at radius 2 is 2.12 bits per heavy atom. The van der Waals surface area contributed by atoms with Gasteiger partial charge in [-0.15, -0.1) is 0 Å². The molecule has 2 atom stereocenters. The zero-order valence-corrected chi connectivity index (χ0v) is 9.69. The Balaban J connectivity index is 2.10. The Hall–Kier alpha value is -1.12. The summed E-state index contributed by atoms with van der Waals surface area (Å²) in [5.74, 6) is 0. The van der Waals surface area contributed by atoms with Crippen molar-refractivity contribution < 1.29 is 0 Å². The molecule has 2 nitrogen and oxygen atoms in total. The van der Waals surface area contributed by atoms with Gasteiger partial charge >= 0.3 is 0 Å². The van der Waals surface area contributed by atoms with E-state index in [1.807, 2.05) is 0 Å². The van der Waals surface area contributed by atoms with Gasteiger partial charge in [-0.3, -0.25) is 4.90 Å². The molecule has 84 valence electrons. The van der Waals surface area contributed by atoms with Crippen molar-refractivity contribution in [1.29, 1.82) is 0 Å². The van der Waals surface area contributed by atoms with Crippen LogP contribution in [0.5, 0.6) is 0 Å². The molecule has 1 aliphatic heterocycles. The minimum absolute atomic E-state index is 0.183. The van der Waals surface area contributed by atoms with Gasteiger partial charge in [-0.05, 0) is 36.6 Å². The molecule has 1 aromatic rings. The van der Waals surface area contributed by atoms with Crippen LogP contribution in [0, 0.1) is 0 Å². The molecule has 0 bridgehead atoms. The lowest BCUT2D eigenvalue weighted by Gasteiger charge is -2.39. The third-order valence-electron chi connectivity index (χ3n) is 3.80. The number of hydrogen-bond donors (Lipinski definition) is 1. The second-order valence-corrected chi connectivity index (χ2v) is 4.94. The lowest BCUT2D eigenvalue weighted by Crippen LogP contribution is -2.46. The van der Waals surface area contributed by atoms with Gasteiger partial charge in [-0.2, -0.15) is 0 Å². The molecule has 0 saturated carbocycles. The van der Waals surface area contributed by atoms with Crippen LogP contribution in [0.1, 0.15) is 17.5 Å². The van der Waals surface area contributed by atoms with Gasteiger partial charge in [0.05, 0.1) is 0 Å². The predicted octanol–water partition coefficient (Wildman–Crippen LogP) is 1.66. The van der Waals surface area contributed by atoms with Crippen molar-refractivity contribution >= 4 is 5.57 Å². The summed E-state index contributed by atoms with van der Waals surface area (Å²) in [4.78, 5) is 2.40. The summed E-state index contributed by atoms with van der Waals surface area (Å²) in [6.45, 7) is 0.982. The average Bonchev–Trinajstić information content (AvgIpc) is 2.28. The summed E-state index contributed by atoms with van der Waals surface area (Å²) >= 11 is 0. The van der Waals surface area contributed by atoms with Gasteiger partial charge in [0.1, 0.15) is 0 Å². The summed E-state index contributed by atoms with van der Waals surface area (Å²) in [6, 6.07) is 9.50. The van der Waals surface area contributed by atoms with E-state index < -0.39 is 0 Å². The highest BCUT2D eigenvalue weighted by atomic mass is 15.1. The van der Waals surface area contributed by atoms with Crippen LogP contribution < -0.4 is 5.73 Å². The fourth-order valence-corrected chi connectivity index (χ4v) is 3.05. The quantitative estimate of drug-likeness (QED) is 0.711. The van der Waals surface area contributed by atoms with E-state index in [0.717, 1.165) is 6.54 Å². The van der Waals surface area contributed by atoms with Crippen molar-refractivity contribution in [3.63, 3.8) is 0 Å². The summed E-state index contributed by atoms with van der Waals surface area (Å²) in [6.07, 6.45) is 4.69. The van der Waals surface area contributed by atoms with Gasteiger partial charge in [-0.1, -0.05) is 30.3 Å². The number of nitrogens with two attached hydrogens (primary N) is 1. The molecule has 1 aromatic carbocycles. The molecule has 2 N–H and O–H groups in total. The predicted molar refractivity (Wildman–Crippen MR) is 67.1 cm³/mol. The van der Waals surface area contributed by atoms with E-state index in [1.54, 1.807) is 0 Å². The van der Waals surface area contributed by atoms with Gasteiger partial charge in [0.2, 0.25) is 0 Å². The molecule has 0 fully saturated rings. The molecule has 0 saturated heterocycles. The number of rotatable bonds is 0. The lowest BCUT2D eigenvalue weighted by atomic mass is 9.80. The van der Waals surface area contributed by atoms with Gasteiger partial charge in [0, 0.05) is 18.6 Å². The van der Waals surface area contributed by atoms with Crippen molar-refractivity contribution in [2.45, 2.75) is 24.9 Å². The molecule has 16 heavy (non-hydrogen) atoms. The maximum atomic E-state index is 6.07. The second-order valence-electron chi connectivity index (χ2n) is 4.94. The summed E-state index contributed by atoms with van der Waals surface area (Å²) in [5.41, 5.74) is 10.4. The van der Waals surface area contributed by atoms with E-state index in [1.165, 1.54) is 29.5 Å². The van der Waals surface area contributed by atoms with Gasteiger partial charge in [0.15, 0.2) is 0 Å². The van der Waals surface area contributed by atoms with Crippen molar-refractivity contribution in [2.75, 3.05) is 13.6 Å². The molecule has 0 amide bonds. The molecule has 0 aromatic heterocycles. The molecule has 2 unspecified atom stereocenters. The highest BCUT2D eigenvalue weighted by Crippen LogP contribution is 2.35. The number of likely N-dealkylation sites (N-methyl/N-ethyl adjacent to an activating group) is 1. The van der Waals surface area contributed by atoms with Crippen LogP contribution in [0.15, 0.2) is 30.3 Å². The summed E-state index contributed by atoms with van der Waals surface area (Å²) < 4.78 is 0. The van der Waals surface area contributed by atoms with Crippen LogP contribution >= 0.6 is 0 Å². The zero-order chi connectivity index (χ0) is 11.1. The number of benzene rings is 1. The maximum absolute atomic E-state index is 6.07. The van der Waals surface area contributed by atoms with E-state index in [4.69, 9.17) is 5.73 Å². The molecule has 2 aliphatic rings. The fraction of sp³-hybridized carbons (Fsp3) is 0.429. The van der Waals surface area contributed by atoms with Crippen molar-refractivity contribution in [2.24, 2.45) is 5.73 Å². The summed E-state index contributed by atoms with van der Waals surface area (Å²) in [7, 11) is 2.19. The van der Waals surface area contributed by atoms with E-state index in [0.29, 0.717) is 6.04 Å². The maximum Gasteiger partial charge on any atom is 0.0360 e. The third-order valence-corrected chi connectivity index (χ3v) is 3.80. The van der Waals surface area contributed by atoms with E-state index in [2.05, 4.69) is 42.3 Å². The third kappa shape index (κ3) is 1.49. The Labute approximate surface area is 96.7 Å². The molecule has 3 rings (SSSR count). The number of fused-ring (bicyclic) bond motifs is 3. The average molecular weight is 214 g/mol. The monoisotopic (exact) mass is 214 g/mol. The fourth-order valence-electron chi connectivity index (χ4n) is 3.05. The zero-order valence-electron chi connectivity index (χ0n) is 9.69. The van der Waals surface area contributed by atoms with Crippen LogP contribution in [-0.2, 0) is 6.42 Å².